The van der Waals surface area contributed by atoms with E-state index >= 15 is 0 Å². The number of aryl methyl sites for hydroxylation is 1. The number of benzene rings is 1. The summed E-state index contributed by atoms with van der Waals surface area (Å²) >= 11 is 0. The second-order valence-electron chi connectivity index (χ2n) is 4.84. The summed E-state index contributed by atoms with van der Waals surface area (Å²) < 4.78 is 54.5. The Labute approximate surface area is 125 Å². The van der Waals surface area contributed by atoms with Crippen LogP contribution in [0.15, 0.2) is 30.6 Å². The first-order chi connectivity index (χ1) is 10.3. The number of aromatic nitrogens is 2. The van der Waals surface area contributed by atoms with E-state index < -0.39 is 19.0 Å². The van der Waals surface area contributed by atoms with Gasteiger partial charge in [0.1, 0.15) is 0 Å². The number of hydrogen-bond donors (Lipinski definition) is 0. The maximum absolute atomic E-state index is 12.8. The zero-order chi connectivity index (χ0) is 16.3. The monoisotopic (exact) mass is 314 g/mol. The quantitative estimate of drug-likeness (QED) is 0.781. The van der Waals surface area contributed by atoms with E-state index in [2.05, 4.69) is 14.7 Å². The minimum absolute atomic E-state index is 0.223. The molecule has 0 aliphatic carbocycles. The zero-order valence-corrected chi connectivity index (χ0v) is 12.0. The molecule has 0 saturated carbocycles. The molecule has 1 aromatic carbocycles. The lowest BCUT2D eigenvalue weighted by Gasteiger charge is -2.15. The van der Waals surface area contributed by atoms with Crippen LogP contribution in [0.25, 0.3) is 11.3 Å². The molecule has 0 saturated heterocycles. The van der Waals surface area contributed by atoms with E-state index in [1.165, 1.54) is 6.20 Å². The highest BCUT2D eigenvalue weighted by atomic mass is 19.3. The van der Waals surface area contributed by atoms with Gasteiger partial charge in [0.15, 0.2) is 6.61 Å². The molecular weight excluding hydrogens is 300 g/mol. The Hall–Kier alpha value is -2.18. The Balaban J connectivity index is 2.22. The molecule has 1 aromatic heterocycles. The number of nitrogens with zero attached hydrogens (tertiary/aromatic N) is 2. The molecule has 3 nitrogen and oxygen atoms in total. The minimum Gasteiger partial charge on any atom is -0.470 e. The van der Waals surface area contributed by atoms with Crippen LogP contribution in [0.5, 0.6) is 5.88 Å². The molecular formula is C15H14F4N2O. The van der Waals surface area contributed by atoms with Gasteiger partial charge in [0.05, 0.1) is 18.1 Å². The standard InChI is InChI=1S/C15H14F4N2O/c1-9-4-3-5-11(10(9)2)12-6-20-7-13(21-12)22-8-15(18,19)14(16)17/h3-7,14H,8H2,1-2H3. The van der Waals surface area contributed by atoms with Gasteiger partial charge < -0.3 is 4.74 Å². The molecule has 0 bridgehead atoms. The van der Waals surface area contributed by atoms with Crippen LogP contribution in [0.4, 0.5) is 17.6 Å². The van der Waals surface area contributed by atoms with Gasteiger partial charge in [0.25, 0.3) is 0 Å². The third-order valence-electron chi connectivity index (χ3n) is 3.22. The van der Waals surface area contributed by atoms with Gasteiger partial charge in [0.2, 0.25) is 5.88 Å². The predicted octanol–water partition coefficient (Wildman–Crippen LogP) is 4.04. The Kier molecular flexibility index (Phi) is 4.63. The highest BCUT2D eigenvalue weighted by Crippen LogP contribution is 2.26. The van der Waals surface area contributed by atoms with Crippen LogP contribution >= 0.6 is 0 Å². The van der Waals surface area contributed by atoms with E-state index in [9.17, 15) is 17.6 Å². The second kappa shape index (κ2) is 6.29. The Bertz CT molecular complexity index is 662. The van der Waals surface area contributed by atoms with E-state index in [4.69, 9.17) is 0 Å². The number of halogens is 4. The third kappa shape index (κ3) is 3.52. The minimum atomic E-state index is -4.23. The van der Waals surface area contributed by atoms with Gasteiger partial charge in [-0.05, 0) is 25.0 Å². The van der Waals surface area contributed by atoms with Crippen molar-refractivity contribution < 1.29 is 22.3 Å². The van der Waals surface area contributed by atoms with Crippen LogP contribution in [-0.4, -0.2) is 28.9 Å². The maximum Gasteiger partial charge on any atom is 0.340 e. The summed E-state index contributed by atoms with van der Waals surface area (Å²) in [6.45, 7) is 2.37. The van der Waals surface area contributed by atoms with E-state index in [0.29, 0.717) is 5.69 Å². The summed E-state index contributed by atoms with van der Waals surface area (Å²) in [7, 11) is 0. The van der Waals surface area contributed by atoms with E-state index in [1.54, 1.807) is 0 Å². The van der Waals surface area contributed by atoms with Crippen LogP contribution in [0.1, 0.15) is 11.1 Å². The van der Waals surface area contributed by atoms with Gasteiger partial charge in [-0.3, -0.25) is 4.98 Å². The van der Waals surface area contributed by atoms with Crippen molar-refractivity contribution in [3.8, 4) is 17.1 Å². The molecule has 0 N–H and O–H groups in total. The van der Waals surface area contributed by atoms with E-state index in [1.807, 2.05) is 32.0 Å². The summed E-state index contributed by atoms with van der Waals surface area (Å²) in [6.07, 6.45) is -1.22. The molecule has 0 spiro atoms. The fourth-order valence-electron chi connectivity index (χ4n) is 1.81. The average Bonchev–Trinajstić information content (AvgIpc) is 2.48. The molecule has 0 unspecified atom stereocenters. The average molecular weight is 314 g/mol. The first-order valence-electron chi connectivity index (χ1n) is 6.48. The SMILES string of the molecule is Cc1cccc(-c2cncc(OCC(F)(F)C(F)F)n2)c1C. The molecule has 1 heterocycles. The van der Waals surface area contributed by atoms with Crippen LogP contribution in [-0.2, 0) is 0 Å². The highest BCUT2D eigenvalue weighted by Gasteiger charge is 2.41. The summed E-state index contributed by atoms with van der Waals surface area (Å²) in [4.78, 5) is 7.90. The lowest BCUT2D eigenvalue weighted by atomic mass is 10.0. The topological polar surface area (TPSA) is 35.0 Å². The van der Waals surface area contributed by atoms with E-state index in [-0.39, 0.29) is 5.88 Å². The molecule has 22 heavy (non-hydrogen) atoms. The Morgan fingerprint density at radius 3 is 2.59 bits per heavy atom. The first kappa shape index (κ1) is 16.2. The fourth-order valence-corrected chi connectivity index (χ4v) is 1.81. The van der Waals surface area contributed by atoms with Crippen LogP contribution in [0.2, 0.25) is 0 Å². The Morgan fingerprint density at radius 1 is 1.18 bits per heavy atom. The van der Waals surface area contributed by atoms with E-state index in [0.717, 1.165) is 22.9 Å². The van der Waals surface area contributed by atoms with Gasteiger partial charge in [-0.25, -0.2) is 13.8 Å². The van der Waals surface area contributed by atoms with Crippen LogP contribution in [0.3, 0.4) is 0 Å². The maximum atomic E-state index is 12.8. The van der Waals surface area contributed by atoms with Gasteiger partial charge in [-0.1, -0.05) is 18.2 Å². The Morgan fingerprint density at radius 2 is 1.91 bits per heavy atom. The molecule has 0 amide bonds. The second-order valence-corrected chi connectivity index (χ2v) is 4.84. The molecule has 0 aliphatic heterocycles. The van der Waals surface area contributed by atoms with Crippen molar-refractivity contribution >= 4 is 0 Å². The number of rotatable bonds is 5. The third-order valence-corrected chi connectivity index (χ3v) is 3.22. The van der Waals surface area contributed by atoms with Crippen molar-refractivity contribution in [2.24, 2.45) is 0 Å². The summed E-state index contributed by atoms with van der Waals surface area (Å²) in [5.41, 5.74) is 3.21. The molecule has 0 atom stereocenters. The first-order valence-corrected chi connectivity index (χ1v) is 6.48. The largest absolute Gasteiger partial charge is 0.470 e. The normalized spacial score (nSPS) is 11.8. The van der Waals surface area contributed by atoms with Crippen LogP contribution in [0, 0.1) is 13.8 Å². The lowest BCUT2D eigenvalue weighted by Crippen LogP contribution is -2.33. The molecule has 0 radical (unpaired) electrons. The van der Waals surface area contributed by atoms with Crippen molar-refractivity contribution in [2.45, 2.75) is 26.2 Å². The van der Waals surface area contributed by atoms with Gasteiger partial charge >= 0.3 is 12.3 Å². The smallest absolute Gasteiger partial charge is 0.340 e. The zero-order valence-electron chi connectivity index (χ0n) is 12.0. The van der Waals surface area contributed by atoms with Gasteiger partial charge in [0, 0.05) is 5.56 Å². The molecule has 0 fully saturated rings. The van der Waals surface area contributed by atoms with Gasteiger partial charge in [-0.2, -0.15) is 8.78 Å². The van der Waals surface area contributed by atoms with Crippen molar-refractivity contribution in [1.82, 2.24) is 9.97 Å². The van der Waals surface area contributed by atoms with Crippen molar-refractivity contribution in [3.63, 3.8) is 0 Å². The van der Waals surface area contributed by atoms with Crippen molar-refractivity contribution in [3.05, 3.63) is 41.7 Å². The molecule has 118 valence electrons. The molecule has 0 aliphatic rings. The molecule has 2 rings (SSSR count). The number of ether oxygens (including phenoxy) is 1. The summed E-state index contributed by atoms with van der Waals surface area (Å²) in [5, 5.41) is 0. The number of alkyl halides is 4. The predicted molar refractivity (Wildman–Crippen MR) is 73.4 cm³/mol. The fraction of sp³-hybridized carbons (Fsp3) is 0.333. The van der Waals surface area contributed by atoms with Crippen molar-refractivity contribution in [2.75, 3.05) is 6.61 Å². The highest BCUT2D eigenvalue weighted by molar-refractivity contribution is 5.64. The molecule has 7 heteroatoms. The van der Waals surface area contributed by atoms with Gasteiger partial charge in [-0.15, -0.1) is 0 Å². The summed E-state index contributed by atoms with van der Waals surface area (Å²) in [6, 6.07) is 5.57. The van der Waals surface area contributed by atoms with Crippen molar-refractivity contribution in [1.29, 1.82) is 0 Å². The lowest BCUT2D eigenvalue weighted by molar-refractivity contribution is -0.148. The summed E-state index contributed by atoms with van der Waals surface area (Å²) in [5.74, 6) is -4.45. The van der Waals surface area contributed by atoms with Crippen LogP contribution < -0.4 is 4.74 Å². The molecule has 2 aromatic rings. The number of hydrogen-bond acceptors (Lipinski definition) is 3.